The predicted octanol–water partition coefficient (Wildman–Crippen LogP) is 7.16. The number of rotatable bonds is 22. The minimum atomic E-state index is -1.23. The second-order valence-corrected chi connectivity index (χ2v) is 14.0. The molecule has 0 aliphatic heterocycles. The highest BCUT2D eigenvalue weighted by molar-refractivity contribution is 5.86. The van der Waals surface area contributed by atoms with Gasteiger partial charge >= 0.3 is 36.4 Å². The lowest BCUT2D eigenvalue weighted by Gasteiger charge is -2.27. The molecule has 336 valence electrons. The minimum Gasteiger partial charge on any atom is -0.463 e. The van der Waals surface area contributed by atoms with Crippen LogP contribution in [-0.2, 0) is 57.0 Å². The molecule has 0 aromatic rings. The summed E-state index contributed by atoms with van der Waals surface area (Å²) in [6.45, 7) is 13.9. The molecule has 0 unspecified atom stereocenters. The Morgan fingerprint density at radius 2 is 0.763 bits per heavy atom. The van der Waals surface area contributed by atoms with Gasteiger partial charge in [-0.2, -0.15) is 0 Å². The Balaban J connectivity index is 0.000000445. The smallest absolute Gasteiger partial charge is 0.463 e. The number of hydrogen-bond donors (Lipinski definition) is 3. The number of carbonyl (C=O) groups excluding carboxylic acids is 3. The first kappa shape index (κ1) is 52.3. The van der Waals surface area contributed by atoms with Crippen molar-refractivity contribution in [3.05, 3.63) is 37.5 Å². The van der Waals surface area contributed by atoms with E-state index in [2.05, 4.69) is 19.7 Å². The van der Waals surface area contributed by atoms with Crippen LogP contribution in [0, 0.1) is 0 Å². The molecule has 0 saturated heterocycles. The van der Waals surface area contributed by atoms with Gasteiger partial charge in [0.05, 0.1) is 38.1 Å². The minimum absolute atomic E-state index is 0.0807. The molecule has 18 heteroatoms. The Kier molecular flexibility index (Phi) is 28.6. The molecule has 0 radical (unpaired) electrons. The third kappa shape index (κ3) is 28.4. The fourth-order valence-electron chi connectivity index (χ4n) is 6.31. The van der Waals surface area contributed by atoms with E-state index in [9.17, 15) is 28.8 Å². The molecule has 0 aromatic heterocycles. The molecule has 3 N–H and O–H groups in total. The number of esters is 3. The van der Waals surface area contributed by atoms with Crippen LogP contribution in [0.3, 0.4) is 0 Å². The maximum atomic E-state index is 11.1. The van der Waals surface area contributed by atoms with E-state index in [1.54, 1.807) is 6.92 Å². The Hall–Kier alpha value is -4.68. The molecule has 0 aromatic carbocycles. The summed E-state index contributed by atoms with van der Waals surface area (Å²) in [4.78, 5) is 63.8. The van der Waals surface area contributed by atoms with E-state index < -0.39 is 30.4 Å². The lowest BCUT2D eigenvalue weighted by atomic mass is 9.95. The van der Waals surface area contributed by atoms with Gasteiger partial charge in [0.2, 0.25) is 0 Å². The zero-order chi connectivity index (χ0) is 43.8. The number of ether oxygens (including phenoxy) is 9. The van der Waals surface area contributed by atoms with Crippen LogP contribution < -0.4 is 0 Å². The van der Waals surface area contributed by atoms with E-state index in [4.69, 9.17) is 58.0 Å². The van der Waals surface area contributed by atoms with Crippen molar-refractivity contribution in [2.75, 3.05) is 39.6 Å². The molecule has 3 aliphatic carbocycles. The average molecular weight is 845 g/mol. The first-order valence-electron chi connectivity index (χ1n) is 20.2. The van der Waals surface area contributed by atoms with Crippen molar-refractivity contribution in [2.24, 2.45) is 0 Å². The topological polar surface area (TPSA) is 246 Å². The van der Waals surface area contributed by atoms with Gasteiger partial charge in [0.15, 0.2) is 0 Å². The predicted molar refractivity (Wildman–Crippen MR) is 210 cm³/mol. The van der Waals surface area contributed by atoms with Crippen molar-refractivity contribution < 1.29 is 86.7 Å². The monoisotopic (exact) mass is 844 g/mol. The van der Waals surface area contributed by atoms with Crippen LogP contribution in [-0.4, -0.2) is 128 Å². The van der Waals surface area contributed by atoms with E-state index >= 15 is 0 Å². The molecule has 0 heterocycles. The molecule has 0 spiro atoms. The highest BCUT2D eigenvalue weighted by atomic mass is 16.7. The van der Waals surface area contributed by atoms with Crippen molar-refractivity contribution in [2.45, 2.75) is 146 Å². The summed E-state index contributed by atoms with van der Waals surface area (Å²) >= 11 is 0. The Bertz CT molecular complexity index is 1280. The van der Waals surface area contributed by atoms with E-state index in [1.165, 1.54) is 6.08 Å². The quantitative estimate of drug-likeness (QED) is 0.0423. The molecule has 59 heavy (non-hydrogen) atoms. The summed E-state index contributed by atoms with van der Waals surface area (Å²) in [5, 5.41) is 25.5. The van der Waals surface area contributed by atoms with Gasteiger partial charge in [0.25, 0.3) is 0 Å². The highest BCUT2D eigenvalue weighted by Crippen LogP contribution is 2.25. The first-order valence-corrected chi connectivity index (χ1v) is 20.2. The van der Waals surface area contributed by atoms with Crippen molar-refractivity contribution in [1.82, 2.24) is 0 Å². The van der Waals surface area contributed by atoms with Gasteiger partial charge in [0.1, 0.15) is 31.5 Å². The summed E-state index contributed by atoms with van der Waals surface area (Å²) < 4.78 is 45.6. The Morgan fingerprint density at radius 3 is 1.10 bits per heavy atom. The van der Waals surface area contributed by atoms with Crippen molar-refractivity contribution in [3.8, 4) is 0 Å². The Labute approximate surface area is 346 Å². The molecular formula is C41H64O18. The standard InChI is InChI=1S/C16H26O6.C13H20O6.C12H18O6/c1-2-15(17)21-12-6-4-3-5-11-20-13-7-9-14(10-8-13)22-16(18)19;1-9(2)12(14)18-8-7-17-10-3-5-11(6-4-10)19-13(15)16;1-2-11(13)17-8-7-16-9-3-5-10(6-4-9)18-12(14)15/h2,13-14H,1,3-12H2,(H,18,19);10-11H,1,3-8H2,2H3,(H,15,16);2,9-10H,1,3-8H2,(H,14,15)/t13-,14-;10-,11-;9-,10-. The van der Waals surface area contributed by atoms with Crippen LogP contribution in [0.1, 0.15) is 110 Å². The SMILES string of the molecule is C=C(C)C(=O)OCCO[C@H]1CC[C@H](OC(=O)O)CC1.C=CC(=O)OCCCCCCO[C@H]1CC[C@H](OC(=O)O)CC1.C=CC(=O)OCCO[C@H]1CC[C@H](OC(=O)O)CC1. The van der Waals surface area contributed by atoms with Crippen molar-refractivity contribution in [1.29, 1.82) is 0 Å². The van der Waals surface area contributed by atoms with E-state index in [0.717, 1.165) is 89.7 Å². The second-order valence-electron chi connectivity index (χ2n) is 14.0. The highest BCUT2D eigenvalue weighted by Gasteiger charge is 2.26. The second kappa shape index (κ2) is 32.2. The summed E-state index contributed by atoms with van der Waals surface area (Å²) in [5.74, 6) is -1.25. The van der Waals surface area contributed by atoms with E-state index in [0.29, 0.717) is 51.1 Å². The van der Waals surface area contributed by atoms with Crippen molar-refractivity contribution in [3.63, 3.8) is 0 Å². The van der Waals surface area contributed by atoms with Gasteiger partial charge < -0.3 is 58.0 Å². The van der Waals surface area contributed by atoms with Gasteiger partial charge in [-0.05, 0) is 103 Å². The molecule has 0 bridgehead atoms. The van der Waals surface area contributed by atoms with Gasteiger partial charge in [-0.15, -0.1) is 0 Å². The molecule has 3 saturated carbocycles. The van der Waals surface area contributed by atoms with Gasteiger partial charge in [0, 0.05) is 24.3 Å². The van der Waals surface area contributed by atoms with Crippen LogP contribution in [0.4, 0.5) is 14.4 Å². The molecule has 3 rings (SSSR count). The van der Waals surface area contributed by atoms with Gasteiger partial charge in [-0.3, -0.25) is 0 Å². The Morgan fingerprint density at radius 1 is 0.458 bits per heavy atom. The summed E-state index contributed by atoms with van der Waals surface area (Å²) in [6.07, 6.45) is 11.2. The lowest BCUT2D eigenvalue weighted by molar-refractivity contribution is -0.142. The van der Waals surface area contributed by atoms with E-state index in [1.807, 2.05) is 0 Å². The largest absolute Gasteiger partial charge is 0.506 e. The maximum absolute atomic E-state index is 11.1. The third-order valence-corrected chi connectivity index (χ3v) is 9.34. The van der Waals surface area contributed by atoms with Crippen LogP contribution in [0.2, 0.25) is 0 Å². The fourth-order valence-corrected chi connectivity index (χ4v) is 6.31. The fraction of sp³-hybridized carbons (Fsp3) is 0.707. The molecular weight excluding hydrogens is 780 g/mol. The zero-order valence-corrected chi connectivity index (χ0v) is 34.3. The van der Waals surface area contributed by atoms with Crippen LogP contribution in [0.15, 0.2) is 37.5 Å². The first-order chi connectivity index (χ1) is 28.2. The normalized spacial score (nSPS) is 22.2. The molecule has 0 atom stereocenters. The summed E-state index contributed by atoms with van der Waals surface area (Å²) in [5.41, 5.74) is 0.367. The average Bonchev–Trinajstić information content (AvgIpc) is 3.20. The van der Waals surface area contributed by atoms with Crippen molar-refractivity contribution >= 4 is 36.4 Å². The van der Waals surface area contributed by atoms with Crippen LogP contribution in [0.25, 0.3) is 0 Å². The van der Waals surface area contributed by atoms with Gasteiger partial charge in [-0.1, -0.05) is 26.2 Å². The number of unbranched alkanes of at least 4 members (excludes halogenated alkanes) is 3. The van der Waals surface area contributed by atoms with Gasteiger partial charge in [-0.25, -0.2) is 28.8 Å². The third-order valence-electron chi connectivity index (χ3n) is 9.34. The lowest BCUT2D eigenvalue weighted by Crippen LogP contribution is -2.28. The van der Waals surface area contributed by atoms with Crippen LogP contribution >= 0.6 is 0 Å². The molecule has 0 amide bonds. The molecule has 18 nitrogen and oxygen atoms in total. The number of hydrogen-bond acceptors (Lipinski definition) is 15. The summed E-state index contributed by atoms with van der Waals surface area (Å²) in [7, 11) is 0. The summed E-state index contributed by atoms with van der Waals surface area (Å²) in [6, 6.07) is 0. The number of carboxylic acid groups (broad SMARTS) is 3. The van der Waals surface area contributed by atoms with E-state index in [-0.39, 0.29) is 55.8 Å². The molecule has 3 aliphatic rings. The zero-order valence-electron chi connectivity index (χ0n) is 34.3. The maximum Gasteiger partial charge on any atom is 0.506 e. The molecule has 3 fully saturated rings. The number of carbonyl (C=O) groups is 6. The van der Waals surface area contributed by atoms with Crippen LogP contribution in [0.5, 0.6) is 0 Å².